The maximum absolute atomic E-state index is 13.5. The van der Waals surface area contributed by atoms with E-state index in [-0.39, 0.29) is 17.1 Å². The molecule has 2 N–H and O–H groups in total. The number of aromatic amines is 1. The van der Waals surface area contributed by atoms with Crippen LogP contribution >= 0.6 is 11.6 Å². The fraction of sp³-hybridized carbons (Fsp3) is 0.167. The van der Waals surface area contributed by atoms with Crippen LogP contribution in [0.1, 0.15) is 21.9 Å². The number of nitrogens with zero attached hydrogens (tertiary/aromatic N) is 1. The van der Waals surface area contributed by atoms with Crippen molar-refractivity contribution in [3.63, 3.8) is 0 Å². The molecular formula is C12H11ClFN3O. The van der Waals surface area contributed by atoms with Crippen LogP contribution in [0.5, 0.6) is 0 Å². The van der Waals surface area contributed by atoms with Gasteiger partial charge in [0.25, 0.3) is 5.91 Å². The summed E-state index contributed by atoms with van der Waals surface area (Å²) in [6.45, 7) is 2.08. The van der Waals surface area contributed by atoms with Gasteiger partial charge in [0, 0.05) is 16.9 Å². The van der Waals surface area contributed by atoms with E-state index in [9.17, 15) is 9.18 Å². The largest absolute Gasteiger partial charge is 0.345 e. The Kier molecular flexibility index (Phi) is 3.62. The predicted octanol–water partition coefficient (Wildman–Crippen LogP) is 2.44. The number of rotatable bonds is 3. The number of halogens is 2. The molecule has 0 fully saturated rings. The first-order valence-electron chi connectivity index (χ1n) is 5.30. The smallest absolute Gasteiger partial charge is 0.254 e. The van der Waals surface area contributed by atoms with Gasteiger partial charge in [0.1, 0.15) is 11.6 Å². The zero-order valence-corrected chi connectivity index (χ0v) is 10.4. The van der Waals surface area contributed by atoms with E-state index in [0.29, 0.717) is 5.82 Å². The van der Waals surface area contributed by atoms with Crippen molar-refractivity contribution in [3.05, 3.63) is 52.3 Å². The van der Waals surface area contributed by atoms with Crippen molar-refractivity contribution in [3.8, 4) is 0 Å². The number of amides is 1. The van der Waals surface area contributed by atoms with E-state index in [4.69, 9.17) is 11.6 Å². The quantitative estimate of drug-likeness (QED) is 0.897. The number of hydrogen-bond donors (Lipinski definition) is 2. The van der Waals surface area contributed by atoms with Crippen LogP contribution in [0.25, 0.3) is 0 Å². The highest BCUT2D eigenvalue weighted by atomic mass is 35.5. The van der Waals surface area contributed by atoms with Crippen molar-refractivity contribution >= 4 is 17.5 Å². The third-order valence-electron chi connectivity index (χ3n) is 2.35. The Balaban J connectivity index is 2.03. The number of carbonyl (C=O) groups excluding carboxylic acids is 1. The average molecular weight is 268 g/mol. The van der Waals surface area contributed by atoms with Crippen LogP contribution in [0.4, 0.5) is 4.39 Å². The molecule has 0 aliphatic carbocycles. The molecule has 2 aromatic rings. The minimum Gasteiger partial charge on any atom is -0.345 e. The van der Waals surface area contributed by atoms with Crippen molar-refractivity contribution in [2.45, 2.75) is 13.5 Å². The van der Waals surface area contributed by atoms with Gasteiger partial charge in [-0.1, -0.05) is 11.6 Å². The number of hydrogen-bond acceptors (Lipinski definition) is 2. The summed E-state index contributed by atoms with van der Waals surface area (Å²) >= 11 is 5.61. The monoisotopic (exact) mass is 267 g/mol. The predicted molar refractivity (Wildman–Crippen MR) is 65.9 cm³/mol. The molecule has 1 aromatic carbocycles. The van der Waals surface area contributed by atoms with Crippen molar-refractivity contribution in [1.29, 1.82) is 0 Å². The fourth-order valence-electron chi connectivity index (χ4n) is 1.49. The lowest BCUT2D eigenvalue weighted by Crippen LogP contribution is -2.24. The van der Waals surface area contributed by atoms with E-state index in [1.165, 1.54) is 12.1 Å². The minimum atomic E-state index is -0.643. The molecule has 2 rings (SSSR count). The Hall–Kier alpha value is -1.88. The summed E-state index contributed by atoms with van der Waals surface area (Å²) in [6.07, 6.45) is 1.66. The van der Waals surface area contributed by atoms with Gasteiger partial charge in [-0.3, -0.25) is 4.79 Å². The van der Waals surface area contributed by atoms with Gasteiger partial charge in [-0.25, -0.2) is 9.37 Å². The molecule has 0 atom stereocenters. The molecule has 4 nitrogen and oxygen atoms in total. The molecule has 0 spiro atoms. The first-order valence-corrected chi connectivity index (χ1v) is 5.68. The molecular weight excluding hydrogens is 257 g/mol. The summed E-state index contributed by atoms with van der Waals surface area (Å²) in [6, 6.07) is 3.92. The fourth-order valence-corrected chi connectivity index (χ4v) is 1.65. The first-order chi connectivity index (χ1) is 8.56. The second-order valence-corrected chi connectivity index (χ2v) is 4.26. The van der Waals surface area contributed by atoms with Crippen LogP contribution in [0.15, 0.2) is 24.4 Å². The van der Waals surface area contributed by atoms with Gasteiger partial charge < -0.3 is 10.3 Å². The van der Waals surface area contributed by atoms with Crippen molar-refractivity contribution in [2.24, 2.45) is 0 Å². The van der Waals surface area contributed by atoms with E-state index in [1.807, 2.05) is 6.92 Å². The topological polar surface area (TPSA) is 57.8 Å². The average Bonchev–Trinajstić information content (AvgIpc) is 2.72. The highest BCUT2D eigenvalue weighted by molar-refractivity contribution is 6.30. The lowest BCUT2D eigenvalue weighted by atomic mass is 10.2. The molecule has 1 aromatic heterocycles. The summed E-state index contributed by atoms with van der Waals surface area (Å²) in [5, 5.41) is 2.83. The Labute approximate surface area is 108 Å². The highest BCUT2D eigenvalue weighted by Gasteiger charge is 2.12. The molecule has 0 aliphatic heterocycles. The SMILES string of the molecule is Cc1cnc(CNC(=O)c2ccc(Cl)cc2F)[nH]1. The summed E-state index contributed by atoms with van der Waals surface area (Å²) in [4.78, 5) is 18.7. The molecule has 0 bridgehead atoms. The molecule has 0 saturated heterocycles. The van der Waals surface area contributed by atoms with Crippen LogP contribution in [-0.2, 0) is 6.54 Å². The van der Waals surface area contributed by atoms with Crippen molar-refractivity contribution in [1.82, 2.24) is 15.3 Å². The summed E-state index contributed by atoms with van der Waals surface area (Å²) in [5.41, 5.74) is 0.861. The maximum Gasteiger partial charge on any atom is 0.254 e. The number of aromatic nitrogens is 2. The van der Waals surface area contributed by atoms with Crippen molar-refractivity contribution < 1.29 is 9.18 Å². The summed E-state index contributed by atoms with van der Waals surface area (Å²) in [5.74, 6) is -0.524. The van der Waals surface area contributed by atoms with Crippen LogP contribution < -0.4 is 5.32 Å². The second-order valence-electron chi connectivity index (χ2n) is 3.82. The molecule has 18 heavy (non-hydrogen) atoms. The second kappa shape index (κ2) is 5.18. The normalized spacial score (nSPS) is 10.4. The molecule has 1 amide bonds. The third kappa shape index (κ3) is 2.87. The Morgan fingerprint density at radius 2 is 2.33 bits per heavy atom. The number of imidazole rings is 1. The lowest BCUT2D eigenvalue weighted by molar-refractivity contribution is 0.0946. The number of H-pyrrole nitrogens is 1. The Bertz CT molecular complexity index is 582. The van der Waals surface area contributed by atoms with E-state index < -0.39 is 11.7 Å². The van der Waals surface area contributed by atoms with Gasteiger partial charge in [0.05, 0.1) is 12.1 Å². The van der Waals surface area contributed by atoms with Gasteiger partial charge in [-0.15, -0.1) is 0 Å². The molecule has 94 valence electrons. The maximum atomic E-state index is 13.5. The summed E-state index contributed by atoms with van der Waals surface area (Å²) in [7, 11) is 0. The van der Waals surface area contributed by atoms with Gasteiger partial charge in [-0.2, -0.15) is 0 Å². The zero-order valence-electron chi connectivity index (χ0n) is 9.63. The molecule has 0 radical (unpaired) electrons. The van der Waals surface area contributed by atoms with Gasteiger partial charge in [0.2, 0.25) is 0 Å². The summed E-state index contributed by atoms with van der Waals surface area (Å²) < 4.78 is 13.5. The number of benzene rings is 1. The van der Waals surface area contributed by atoms with E-state index >= 15 is 0 Å². The zero-order chi connectivity index (χ0) is 13.1. The molecule has 0 saturated carbocycles. The minimum absolute atomic E-state index is 0.0392. The van der Waals surface area contributed by atoms with Gasteiger partial charge in [-0.05, 0) is 25.1 Å². The molecule has 6 heteroatoms. The van der Waals surface area contributed by atoms with E-state index in [0.717, 1.165) is 11.8 Å². The lowest BCUT2D eigenvalue weighted by Gasteiger charge is -2.04. The highest BCUT2D eigenvalue weighted by Crippen LogP contribution is 2.14. The van der Waals surface area contributed by atoms with Crippen LogP contribution in [0.3, 0.4) is 0 Å². The van der Waals surface area contributed by atoms with Crippen LogP contribution in [0.2, 0.25) is 5.02 Å². The molecule has 1 heterocycles. The number of nitrogens with one attached hydrogen (secondary N) is 2. The Morgan fingerprint density at radius 3 is 2.94 bits per heavy atom. The van der Waals surface area contributed by atoms with Gasteiger partial charge >= 0.3 is 0 Å². The van der Waals surface area contributed by atoms with E-state index in [2.05, 4.69) is 15.3 Å². The molecule has 0 unspecified atom stereocenters. The molecule has 0 aliphatic rings. The van der Waals surface area contributed by atoms with Crippen LogP contribution in [-0.4, -0.2) is 15.9 Å². The number of aryl methyl sites for hydroxylation is 1. The standard InChI is InChI=1S/C12H11ClFN3O/c1-7-5-15-11(17-7)6-16-12(18)9-3-2-8(13)4-10(9)14/h2-5H,6H2,1H3,(H,15,17)(H,16,18). The number of carbonyl (C=O) groups is 1. The van der Waals surface area contributed by atoms with E-state index in [1.54, 1.807) is 6.20 Å². The van der Waals surface area contributed by atoms with Crippen LogP contribution in [0, 0.1) is 12.7 Å². The first kappa shape index (κ1) is 12.6. The Morgan fingerprint density at radius 1 is 1.56 bits per heavy atom. The van der Waals surface area contributed by atoms with Gasteiger partial charge in [0.15, 0.2) is 0 Å². The van der Waals surface area contributed by atoms with Crippen molar-refractivity contribution in [2.75, 3.05) is 0 Å². The third-order valence-corrected chi connectivity index (χ3v) is 2.58.